The summed E-state index contributed by atoms with van der Waals surface area (Å²) >= 11 is 1.66. The summed E-state index contributed by atoms with van der Waals surface area (Å²) in [5, 5.41) is 17.5. The van der Waals surface area contributed by atoms with Crippen LogP contribution in [0, 0.1) is 0 Å². The van der Waals surface area contributed by atoms with E-state index in [1.165, 1.54) is 0 Å². The number of hydrogen-bond donors (Lipinski definition) is 2. The van der Waals surface area contributed by atoms with Crippen LogP contribution < -0.4 is 5.32 Å². The Kier molecular flexibility index (Phi) is 5.23. The highest BCUT2D eigenvalue weighted by Crippen LogP contribution is 2.48. The average molecular weight is 398 g/mol. The zero-order valence-electron chi connectivity index (χ0n) is 16.0. The summed E-state index contributed by atoms with van der Waals surface area (Å²) in [5.74, 6) is 0. The van der Waals surface area contributed by atoms with Crippen LogP contribution in [0.1, 0.15) is 19.4 Å². The molecular formula is C20H23N5O2S. The van der Waals surface area contributed by atoms with E-state index in [2.05, 4.69) is 39.8 Å². The summed E-state index contributed by atoms with van der Waals surface area (Å²) < 4.78 is 2.07. The molecule has 7 nitrogen and oxygen atoms in total. The van der Waals surface area contributed by atoms with E-state index in [1.807, 2.05) is 18.3 Å². The minimum absolute atomic E-state index is 0.276. The zero-order valence-corrected chi connectivity index (χ0v) is 16.8. The van der Waals surface area contributed by atoms with Crippen LogP contribution in [0.25, 0.3) is 22.2 Å². The highest BCUT2D eigenvalue weighted by atomic mass is 32.2. The molecule has 1 aliphatic heterocycles. The second-order valence-corrected chi connectivity index (χ2v) is 7.73. The molecule has 0 unspecified atom stereocenters. The Morgan fingerprint density at radius 2 is 2.11 bits per heavy atom. The van der Waals surface area contributed by atoms with Gasteiger partial charge in [-0.05, 0) is 30.8 Å². The van der Waals surface area contributed by atoms with Crippen molar-refractivity contribution in [1.29, 1.82) is 0 Å². The molecule has 0 atom stereocenters. The van der Waals surface area contributed by atoms with E-state index in [-0.39, 0.29) is 6.54 Å². The van der Waals surface area contributed by atoms with Gasteiger partial charge in [0, 0.05) is 46.2 Å². The number of carbonyl (C=O) groups is 1. The number of hydrogen-bond acceptors (Lipinski definition) is 5. The Morgan fingerprint density at radius 3 is 2.86 bits per heavy atom. The molecule has 3 aromatic rings. The van der Waals surface area contributed by atoms with E-state index in [4.69, 9.17) is 10.2 Å². The molecule has 1 aromatic carbocycles. The third-order valence-corrected chi connectivity index (χ3v) is 6.40. The molecule has 2 N–H and O–H groups in total. The Hall–Kier alpha value is -2.58. The lowest BCUT2D eigenvalue weighted by Crippen LogP contribution is -2.27. The molecule has 4 rings (SSSR count). The fourth-order valence-corrected chi connectivity index (χ4v) is 4.79. The predicted octanol–water partition coefficient (Wildman–Crippen LogP) is 3.67. The third kappa shape index (κ3) is 3.33. The Labute approximate surface area is 167 Å². The van der Waals surface area contributed by atoms with Crippen LogP contribution in [-0.4, -0.2) is 50.5 Å². The van der Waals surface area contributed by atoms with Crippen LogP contribution in [-0.2, 0) is 13.1 Å². The van der Waals surface area contributed by atoms with Crippen LogP contribution in [0.4, 0.5) is 4.79 Å². The first kappa shape index (κ1) is 18.8. The lowest BCUT2D eigenvalue weighted by Gasteiger charge is -2.18. The second kappa shape index (κ2) is 7.81. The van der Waals surface area contributed by atoms with Gasteiger partial charge in [-0.2, -0.15) is 5.10 Å². The molecule has 3 heterocycles. The van der Waals surface area contributed by atoms with Gasteiger partial charge in [0.25, 0.3) is 0 Å². The summed E-state index contributed by atoms with van der Waals surface area (Å²) in [6.07, 6.45) is 2.63. The SMILES string of the molecule is CCN(CC)CCn1nc2c3c(c(CNC(=O)O)ccc31)Sc1ccncc1-2. The molecule has 1 amide bonds. The summed E-state index contributed by atoms with van der Waals surface area (Å²) in [7, 11) is 0. The fourth-order valence-electron chi connectivity index (χ4n) is 3.60. The van der Waals surface area contributed by atoms with E-state index < -0.39 is 6.09 Å². The van der Waals surface area contributed by atoms with Crippen molar-refractivity contribution in [3.63, 3.8) is 0 Å². The number of pyridine rings is 1. The van der Waals surface area contributed by atoms with Crippen molar-refractivity contribution in [3.05, 3.63) is 36.2 Å². The first-order valence-electron chi connectivity index (χ1n) is 9.46. The summed E-state index contributed by atoms with van der Waals surface area (Å²) in [4.78, 5) is 19.8. The molecule has 8 heteroatoms. The van der Waals surface area contributed by atoms with Gasteiger partial charge in [0.15, 0.2) is 0 Å². The van der Waals surface area contributed by atoms with Gasteiger partial charge in [-0.1, -0.05) is 31.7 Å². The molecule has 28 heavy (non-hydrogen) atoms. The molecule has 0 fully saturated rings. The van der Waals surface area contributed by atoms with Gasteiger partial charge in [-0.15, -0.1) is 0 Å². The number of amides is 1. The van der Waals surface area contributed by atoms with Gasteiger partial charge in [0.1, 0.15) is 5.69 Å². The maximum atomic E-state index is 11.0. The van der Waals surface area contributed by atoms with Crippen molar-refractivity contribution in [2.75, 3.05) is 19.6 Å². The van der Waals surface area contributed by atoms with Crippen LogP contribution >= 0.6 is 11.8 Å². The molecule has 146 valence electrons. The van der Waals surface area contributed by atoms with Crippen molar-refractivity contribution in [3.8, 4) is 11.3 Å². The number of benzene rings is 1. The molecule has 0 bridgehead atoms. The van der Waals surface area contributed by atoms with Crippen molar-refractivity contribution in [1.82, 2.24) is 25.0 Å². The Balaban J connectivity index is 1.81. The largest absolute Gasteiger partial charge is 0.465 e. The maximum absolute atomic E-state index is 11.0. The molecule has 0 saturated heterocycles. The van der Waals surface area contributed by atoms with Crippen LogP contribution in [0.5, 0.6) is 0 Å². The molecule has 0 radical (unpaired) electrons. The molecule has 2 aromatic heterocycles. The lowest BCUT2D eigenvalue weighted by atomic mass is 10.1. The predicted molar refractivity (Wildman–Crippen MR) is 110 cm³/mol. The minimum atomic E-state index is -1.02. The summed E-state index contributed by atoms with van der Waals surface area (Å²) in [5.41, 5.74) is 4.02. The van der Waals surface area contributed by atoms with Gasteiger partial charge in [0.2, 0.25) is 0 Å². The molecule has 1 aliphatic rings. The van der Waals surface area contributed by atoms with E-state index in [1.54, 1.807) is 18.0 Å². The van der Waals surface area contributed by atoms with Crippen LogP contribution in [0.3, 0.4) is 0 Å². The lowest BCUT2D eigenvalue weighted by molar-refractivity contribution is 0.194. The Bertz CT molecular complexity index is 1030. The number of nitrogens with zero attached hydrogens (tertiary/aromatic N) is 4. The number of likely N-dealkylation sites (N-methyl/N-ethyl adjacent to an activating group) is 1. The average Bonchev–Trinajstić information content (AvgIpc) is 3.08. The second-order valence-electron chi connectivity index (χ2n) is 6.68. The molecule has 0 aliphatic carbocycles. The number of nitrogens with one attached hydrogen (secondary N) is 1. The standard InChI is InChI=1S/C20H23N5O2S/c1-3-24(4-2)9-10-25-15-6-5-13(11-22-20(26)27)19-17(15)18(23-25)14-12-21-8-7-16(14)28-19/h5-8,12,22H,3-4,9-11H2,1-2H3,(H,26,27). The van der Waals surface area contributed by atoms with Crippen molar-refractivity contribution < 1.29 is 9.90 Å². The van der Waals surface area contributed by atoms with Gasteiger partial charge in [-0.3, -0.25) is 9.67 Å². The van der Waals surface area contributed by atoms with Crippen molar-refractivity contribution in [2.24, 2.45) is 0 Å². The van der Waals surface area contributed by atoms with Crippen molar-refractivity contribution >= 4 is 28.8 Å². The van der Waals surface area contributed by atoms with Gasteiger partial charge < -0.3 is 15.3 Å². The van der Waals surface area contributed by atoms with Crippen molar-refractivity contribution in [2.45, 2.75) is 36.7 Å². The van der Waals surface area contributed by atoms with E-state index >= 15 is 0 Å². The smallest absolute Gasteiger partial charge is 0.404 e. The van der Waals surface area contributed by atoms with Gasteiger partial charge >= 0.3 is 6.09 Å². The first-order valence-corrected chi connectivity index (χ1v) is 10.3. The van der Waals surface area contributed by atoms with E-state index in [0.717, 1.165) is 63.7 Å². The minimum Gasteiger partial charge on any atom is -0.465 e. The summed E-state index contributed by atoms with van der Waals surface area (Å²) in [6.45, 7) is 8.39. The number of fused-ring (bicyclic) bond motifs is 2. The van der Waals surface area contributed by atoms with Gasteiger partial charge in [-0.25, -0.2) is 4.79 Å². The Morgan fingerprint density at radius 1 is 1.29 bits per heavy atom. The normalized spacial score (nSPS) is 12.4. The van der Waals surface area contributed by atoms with Crippen LogP contribution in [0.15, 0.2) is 40.4 Å². The van der Waals surface area contributed by atoms with Crippen LogP contribution in [0.2, 0.25) is 0 Å². The zero-order chi connectivity index (χ0) is 19.7. The highest BCUT2D eigenvalue weighted by Gasteiger charge is 2.26. The number of rotatable bonds is 7. The first-order chi connectivity index (χ1) is 13.6. The molecule has 0 saturated carbocycles. The van der Waals surface area contributed by atoms with E-state index in [9.17, 15) is 4.79 Å². The monoisotopic (exact) mass is 397 g/mol. The topological polar surface area (TPSA) is 83.3 Å². The van der Waals surface area contributed by atoms with E-state index in [0.29, 0.717) is 0 Å². The maximum Gasteiger partial charge on any atom is 0.404 e. The summed E-state index contributed by atoms with van der Waals surface area (Å²) in [6, 6.07) is 6.05. The number of aromatic nitrogens is 3. The van der Waals surface area contributed by atoms with Gasteiger partial charge in [0.05, 0.1) is 12.1 Å². The molecular weight excluding hydrogens is 374 g/mol. The highest BCUT2D eigenvalue weighted by molar-refractivity contribution is 7.99. The number of carboxylic acid groups (broad SMARTS) is 1. The third-order valence-electron chi connectivity index (χ3n) is 5.15. The quantitative estimate of drug-likeness (QED) is 0.495. The molecule has 0 spiro atoms. The fraction of sp³-hybridized carbons (Fsp3) is 0.350.